The Morgan fingerprint density at radius 3 is 2.59 bits per heavy atom. The maximum absolute atomic E-state index is 12.9. The van der Waals surface area contributed by atoms with Crippen molar-refractivity contribution >= 4 is 28.2 Å². The van der Waals surface area contributed by atoms with Gasteiger partial charge in [-0.3, -0.25) is 4.79 Å². The number of esters is 1. The first-order chi connectivity index (χ1) is 13.2. The summed E-state index contributed by atoms with van der Waals surface area (Å²) in [5.74, 6) is -0.132. The lowest BCUT2D eigenvalue weighted by atomic mass is 9.96. The summed E-state index contributed by atoms with van der Waals surface area (Å²) in [4.78, 5) is 26.5. The van der Waals surface area contributed by atoms with Crippen LogP contribution in [0.2, 0.25) is 0 Å². The number of rotatable bonds is 5. The summed E-state index contributed by atoms with van der Waals surface area (Å²) in [7, 11) is 1.38. The van der Waals surface area contributed by atoms with Crippen LogP contribution in [0.1, 0.15) is 63.8 Å². The van der Waals surface area contributed by atoms with Gasteiger partial charge in [0, 0.05) is 4.88 Å². The van der Waals surface area contributed by atoms with Crippen LogP contribution in [-0.2, 0) is 17.6 Å². The molecule has 1 aromatic carbocycles. The van der Waals surface area contributed by atoms with E-state index in [1.807, 2.05) is 13.0 Å². The second-order valence-electron chi connectivity index (χ2n) is 6.50. The first-order valence-electron chi connectivity index (χ1n) is 9.41. The van der Waals surface area contributed by atoms with Crippen molar-refractivity contribution < 1.29 is 19.1 Å². The van der Waals surface area contributed by atoms with Crippen molar-refractivity contribution in [2.45, 2.75) is 45.4 Å². The number of carbonyl (C=O) groups excluding carboxylic acids is 2. The molecule has 6 heteroatoms. The fourth-order valence-corrected chi connectivity index (χ4v) is 4.70. The monoisotopic (exact) mass is 387 g/mol. The largest absolute Gasteiger partial charge is 0.493 e. The van der Waals surface area contributed by atoms with Crippen LogP contribution in [-0.4, -0.2) is 25.6 Å². The van der Waals surface area contributed by atoms with E-state index in [9.17, 15) is 9.59 Å². The molecule has 1 heterocycles. The van der Waals surface area contributed by atoms with Crippen LogP contribution in [0.15, 0.2) is 24.3 Å². The van der Waals surface area contributed by atoms with E-state index in [4.69, 9.17) is 9.47 Å². The van der Waals surface area contributed by atoms with Gasteiger partial charge in [0.25, 0.3) is 5.91 Å². The smallest absolute Gasteiger partial charge is 0.341 e. The van der Waals surface area contributed by atoms with Crippen LogP contribution < -0.4 is 10.1 Å². The zero-order valence-corrected chi connectivity index (χ0v) is 16.6. The average molecular weight is 388 g/mol. The van der Waals surface area contributed by atoms with Crippen molar-refractivity contribution in [1.29, 1.82) is 0 Å². The molecule has 0 bridgehead atoms. The third-order valence-corrected chi connectivity index (χ3v) is 5.93. The average Bonchev–Trinajstić information content (AvgIpc) is 2.98. The topological polar surface area (TPSA) is 64.6 Å². The minimum Gasteiger partial charge on any atom is -0.493 e. The molecule has 0 atom stereocenters. The number of ether oxygens (including phenoxy) is 2. The Labute approximate surface area is 163 Å². The van der Waals surface area contributed by atoms with Crippen LogP contribution in [0.4, 0.5) is 5.00 Å². The van der Waals surface area contributed by atoms with E-state index in [2.05, 4.69) is 5.32 Å². The number of benzene rings is 1. The molecule has 1 aliphatic carbocycles. The number of fused-ring (bicyclic) bond motifs is 1. The highest BCUT2D eigenvalue weighted by atomic mass is 32.1. The molecule has 5 nitrogen and oxygen atoms in total. The zero-order chi connectivity index (χ0) is 19.2. The molecule has 0 saturated carbocycles. The van der Waals surface area contributed by atoms with E-state index in [0.29, 0.717) is 28.5 Å². The number of aryl methyl sites for hydroxylation is 1. The minimum absolute atomic E-state index is 0.279. The Bertz CT molecular complexity index is 828. The van der Waals surface area contributed by atoms with Crippen molar-refractivity contribution in [3.05, 3.63) is 45.8 Å². The third kappa shape index (κ3) is 4.33. The van der Waals surface area contributed by atoms with Gasteiger partial charge in [0.05, 0.1) is 24.8 Å². The quantitative estimate of drug-likeness (QED) is 0.745. The SMILES string of the molecule is CCOc1ccccc1C(=O)Nc1sc2c(c1C(=O)OC)CCCCCC2. The second-order valence-corrected chi connectivity index (χ2v) is 7.60. The van der Waals surface area contributed by atoms with E-state index in [1.54, 1.807) is 18.2 Å². The Balaban J connectivity index is 1.95. The van der Waals surface area contributed by atoms with Crippen molar-refractivity contribution in [3.63, 3.8) is 0 Å². The number of hydrogen-bond donors (Lipinski definition) is 1. The number of anilines is 1. The lowest BCUT2D eigenvalue weighted by Gasteiger charge is -2.12. The van der Waals surface area contributed by atoms with Gasteiger partial charge >= 0.3 is 5.97 Å². The number of para-hydroxylation sites is 1. The Hall–Kier alpha value is -2.34. The molecule has 1 N–H and O–H groups in total. The molecule has 2 aromatic rings. The highest BCUT2D eigenvalue weighted by Crippen LogP contribution is 2.38. The molecule has 1 aliphatic rings. The van der Waals surface area contributed by atoms with Gasteiger partial charge in [-0.25, -0.2) is 4.79 Å². The van der Waals surface area contributed by atoms with Gasteiger partial charge in [0.1, 0.15) is 10.8 Å². The highest BCUT2D eigenvalue weighted by Gasteiger charge is 2.26. The summed E-state index contributed by atoms with van der Waals surface area (Å²) in [6.07, 6.45) is 6.31. The van der Waals surface area contributed by atoms with Gasteiger partial charge in [-0.1, -0.05) is 25.0 Å². The number of methoxy groups -OCH3 is 1. The number of hydrogen-bond acceptors (Lipinski definition) is 5. The summed E-state index contributed by atoms with van der Waals surface area (Å²) in [5.41, 5.74) is 2.01. The number of amides is 1. The number of nitrogens with one attached hydrogen (secondary N) is 1. The molecule has 0 radical (unpaired) electrons. The fourth-order valence-electron chi connectivity index (χ4n) is 3.43. The summed E-state index contributed by atoms with van der Waals surface area (Å²) in [6.45, 7) is 2.36. The molecule has 27 heavy (non-hydrogen) atoms. The minimum atomic E-state index is -0.388. The third-order valence-electron chi connectivity index (χ3n) is 4.72. The van der Waals surface area contributed by atoms with Gasteiger partial charge in [-0.2, -0.15) is 0 Å². The van der Waals surface area contributed by atoms with E-state index in [-0.39, 0.29) is 11.9 Å². The molecular formula is C21H25NO4S. The maximum Gasteiger partial charge on any atom is 0.341 e. The highest BCUT2D eigenvalue weighted by molar-refractivity contribution is 7.17. The van der Waals surface area contributed by atoms with E-state index in [0.717, 1.165) is 31.2 Å². The standard InChI is InChI=1S/C21H25NO4S/c1-3-26-16-12-9-8-10-14(16)19(23)22-20-18(21(24)25-2)15-11-6-4-5-7-13-17(15)27-20/h8-10,12H,3-7,11,13H2,1-2H3,(H,22,23). The summed E-state index contributed by atoms with van der Waals surface area (Å²) < 4.78 is 10.6. The fraction of sp³-hybridized carbons (Fsp3) is 0.429. The Morgan fingerprint density at radius 1 is 1.11 bits per heavy atom. The molecule has 0 spiro atoms. The predicted octanol–water partition coefficient (Wildman–Crippen LogP) is 4.84. The number of thiophene rings is 1. The zero-order valence-electron chi connectivity index (χ0n) is 15.8. The van der Waals surface area contributed by atoms with Crippen LogP contribution >= 0.6 is 11.3 Å². The lowest BCUT2D eigenvalue weighted by molar-refractivity contribution is 0.0601. The van der Waals surface area contributed by atoms with Crippen LogP contribution in [0.25, 0.3) is 0 Å². The molecule has 0 fully saturated rings. The van der Waals surface area contributed by atoms with E-state index < -0.39 is 0 Å². The van der Waals surface area contributed by atoms with Crippen LogP contribution in [0, 0.1) is 0 Å². The molecule has 0 saturated heterocycles. The van der Waals surface area contributed by atoms with Gasteiger partial charge < -0.3 is 14.8 Å². The molecule has 1 amide bonds. The lowest BCUT2D eigenvalue weighted by Crippen LogP contribution is -2.16. The summed E-state index contributed by atoms with van der Waals surface area (Å²) in [6, 6.07) is 7.13. The summed E-state index contributed by atoms with van der Waals surface area (Å²) >= 11 is 1.50. The van der Waals surface area contributed by atoms with Gasteiger partial charge in [-0.15, -0.1) is 11.3 Å². The van der Waals surface area contributed by atoms with Gasteiger partial charge in [0.2, 0.25) is 0 Å². The van der Waals surface area contributed by atoms with Crippen molar-refractivity contribution in [2.75, 3.05) is 19.0 Å². The van der Waals surface area contributed by atoms with Crippen molar-refractivity contribution in [2.24, 2.45) is 0 Å². The van der Waals surface area contributed by atoms with Crippen molar-refractivity contribution in [1.82, 2.24) is 0 Å². The van der Waals surface area contributed by atoms with Crippen molar-refractivity contribution in [3.8, 4) is 5.75 Å². The van der Waals surface area contributed by atoms with Gasteiger partial charge in [0.15, 0.2) is 0 Å². The number of carbonyl (C=O) groups is 2. The molecule has 3 rings (SSSR count). The first kappa shape index (κ1) is 19.4. The second kappa shape index (κ2) is 9.04. The molecule has 0 unspecified atom stereocenters. The Kier molecular flexibility index (Phi) is 6.50. The van der Waals surface area contributed by atoms with Crippen LogP contribution in [0.5, 0.6) is 5.75 Å². The first-order valence-corrected chi connectivity index (χ1v) is 10.2. The van der Waals surface area contributed by atoms with E-state index >= 15 is 0 Å². The molecule has 1 aromatic heterocycles. The molecule has 144 valence electrons. The van der Waals surface area contributed by atoms with E-state index in [1.165, 1.54) is 36.2 Å². The predicted molar refractivity (Wildman–Crippen MR) is 107 cm³/mol. The van der Waals surface area contributed by atoms with Crippen LogP contribution in [0.3, 0.4) is 0 Å². The molecular weight excluding hydrogens is 362 g/mol. The normalized spacial score (nSPS) is 13.9. The van der Waals surface area contributed by atoms with Gasteiger partial charge in [-0.05, 0) is 50.3 Å². The summed E-state index contributed by atoms with van der Waals surface area (Å²) in [5, 5.41) is 3.51. The molecule has 0 aliphatic heterocycles. The maximum atomic E-state index is 12.9. The Morgan fingerprint density at radius 2 is 1.85 bits per heavy atom.